The van der Waals surface area contributed by atoms with Gasteiger partial charge in [-0.05, 0) is 36.7 Å². The molecule has 2 aromatic heterocycles. The molecule has 32 heavy (non-hydrogen) atoms. The normalized spacial score (nSPS) is 18.8. The van der Waals surface area contributed by atoms with Crippen LogP contribution in [-0.2, 0) is 4.74 Å². The number of rotatable bonds is 5. The molecule has 2 aliphatic heterocycles. The summed E-state index contributed by atoms with van der Waals surface area (Å²) in [5.41, 5.74) is 1.53. The van der Waals surface area contributed by atoms with Gasteiger partial charge in [0.15, 0.2) is 5.65 Å². The fourth-order valence-corrected chi connectivity index (χ4v) is 4.37. The minimum atomic E-state index is -2.61. The maximum atomic E-state index is 13.5. The van der Waals surface area contributed by atoms with E-state index in [1.807, 2.05) is 9.80 Å². The Morgan fingerprint density at radius 3 is 2.84 bits per heavy atom. The van der Waals surface area contributed by atoms with Crippen LogP contribution in [0.3, 0.4) is 0 Å². The number of halogens is 3. The van der Waals surface area contributed by atoms with Crippen LogP contribution >= 0.6 is 11.6 Å². The Hall–Kier alpha value is -2.85. The zero-order valence-electron chi connectivity index (χ0n) is 17.3. The smallest absolute Gasteiger partial charge is 0.338 e. The van der Waals surface area contributed by atoms with E-state index in [0.717, 1.165) is 0 Å². The minimum Gasteiger partial charge on any atom is -0.462 e. The first kappa shape index (κ1) is 21.0. The topological polar surface area (TPSA) is 76.4 Å². The van der Waals surface area contributed by atoms with Gasteiger partial charge >= 0.3 is 5.97 Å². The van der Waals surface area contributed by atoms with E-state index < -0.39 is 11.9 Å². The van der Waals surface area contributed by atoms with Gasteiger partial charge in [-0.15, -0.1) is 0 Å². The van der Waals surface area contributed by atoms with Crippen LogP contribution < -0.4 is 4.90 Å². The first-order chi connectivity index (χ1) is 15.3. The van der Waals surface area contributed by atoms with Gasteiger partial charge in [0.2, 0.25) is 5.28 Å². The molecule has 0 atom stereocenters. The van der Waals surface area contributed by atoms with Gasteiger partial charge in [-0.2, -0.15) is 15.1 Å². The molecule has 2 aliphatic rings. The minimum absolute atomic E-state index is 0.0588. The van der Waals surface area contributed by atoms with Gasteiger partial charge in [-0.3, -0.25) is 4.90 Å². The molecule has 11 heteroatoms. The summed E-state index contributed by atoms with van der Waals surface area (Å²) in [5, 5.41) is 5.19. The number of esters is 1. The molecule has 4 heterocycles. The van der Waals surface area contributed by atoms with Gasteiger partial charge in [0.25, 0.3) is 5.92 Å². The summed E-state index contributed by atoms with van der Waals surface area (Å²) >= 11 is 6.22. The number of alkyl halides is 2. The van der Waals surface area contributed by atoms with Crippen molar-refractivity contribution in [3.05, 3.63) is 41.3 Å². The predicted octanol–water partition coefficient (Wildman–Crippen LogP) is 3.18. The SMILES string of the molecule is CCOC(=O)c1cccc(-n2ncc3c(N4CC(N5CCC(F)(F)C5)C4)nc(Cl)nc32)c1. The van der Waals surface area contributed by atoms with E-state index in [1.54, 1.807) is 42.1 Å². The Bertz CT molecular complexity index is 1180. The van der Waals surface area contributed by atoms with E-state index in [-0.39, 0.29) is 30.9 Å². The summed E-state index contributed by atoms with van der Waals surface area (Å²) in [6, 6.07) is 6.95. The summed E-state index contributed by atoms with van der Waals surface area (Å²) in [6.45, 7) is 3.41. The lowest BCUT2D eigenvalue weighted by Gasteiger charge is -2.44. The van der Waals surface area contributed by atoms with Crippen LogP contribution in [0.15, 0.2) is 30.5 Å². The number of anilines is 1. The molecule has 8 nitrogen and oxygen atoms in total. The number of nitrogens with zero attached hydrogens (tertiary/aromatic N) is 6. The number of likely N-dealkylation sites (tertiary alicyclic amines) is 1. The van der Waals surface area contributed by atoms with Crippen LogP contribution in [0.5, 0.6) is 0 Å². The number of benzene rings is 1. The van der Waals surface area contributed by atoms with Crippen molar-refractivity contribution in [3.63, 3.8) is 0 Å². The average molecular weight is 463 g/mol. The number of fused-ring (bicyclic) bond motifs is 1. The number of ether oxygens (including phenoxy) is 1. The zero-order chi connectivity index (χ0) is 22.5. The highest BCUT2D eigenvalue weighted by molar-refractivity contribution is 6.28. The van der Waals surface area contributed by atoms with Crippen molar-refractivity contribution in [2.45, 2.75) is 25.3 Å². The van der Waals surface area contributed by atoms with Crippen LogP contribution in [0, 0.1) is 0 Å². The van der Waals surface area contributed by atoms with Gasteiger partial charge in [0.05, 0.1) is 36.0 Å². The first-order valence-electron chi connectivity index (χ1n) is 10.4. The summed E-state index contributed by atoms with van der Waals surface area (Å²) in [4.78, 5) is 24.6. The van der Waals surface area contributed by atoms with E-state index in [4.69, 9.17) is 16.3 Å². The molecule has 0 aliphatic carbocycles. The second kappa shape index (κ2) is 7.93. The van der Waals surface area contributed by atoms with Crippen molar-refractivity contribution in [1.29, 1.82) is 0 Å². The van der Waals surface area contributed by atoms with E-state index in [2.05, 4.69) is 15.1 Å². The fourth-order valence-electron chi connectivity index (χ4n) is 4.21. The molecule has 1 aromatic carbocycles. The van der Waals surface area contributed by atoms with Crippen LogP contribution in [0.1, 0.15) is 23.7 Å². The number of hydrogen-bond acceptors (Lipinski definition) is 7. The molecular formula is C21H21ClF2N6O2. The highest BCUT2D eigenvalue weighted by atomic mass is 35.5. The standard InChI is InChI=1S/C21H21ClF2N6O2/c1-2-32-19(31)13-4-3-5-14(8-13)30-18-16(9-25-30)17(26-20(22)27-18)29-10-15(11-29)28-7-6-21(23,24)12-28/h3-5,8-9,15H,2,6-7,10-12H2,1H3. The Morgan fingerprint density at radius 1 is 1.31 bits per heavy atom. The van der Waals surface area contributed by atoms with Crippen LogP contribution in [0.2, 0.25) is 5.28 Å². The van der Waals surface area contributed by atoms with E-state index in [0.29, 0.717) is 47.7 Å². The second-order valence-electron chi connectivity index (χ2n) is 8.02. The predicted molar refractivity (Wildman–Crippen MR) is 115 cm³/mol. The Kier molecular flexibility index (Phi) is 5.21. The van der Waals surface area contributed by atoms with Gasteiger partial charge < -0.3 is 9.64 Å². The Morgan fingerprint density at radius 2 is 2.12 bits per heavy atom. The second-order valence-corrected chi connectivity index (χ2v) is 8.35. The summed E-state index contributed by atoms with van der Waals surface area (Å²) < 4.78 is 33.8. The van der Waals surface area contributed by atoms with E-state index in [1.165, 1.54) is 0 Å². The van der Waals surface area contributed by atoms with E-state index in [9.17, 15) is 13.6 Å². The molecule has 0 N–H and O–H groups in total. The molecular weight excluding hydrogens is 442 g/mol. The van der Waals surface area contributed by atoms with Crippen molar-refractivity contribution in [1.82, 2.24) is 24.6 Å². The van der Waals surface area contributed by atoms with Crippen molar-refractivity contribution in [2.75, 3.05) is 37.7 Å². The van der Waals surface area contributed by atoms with Crippen molar-refractivity contribution in [2.24, 2.45) is 0 Å². The molecule has 2 fully saturated rings. The number of carbonyl (C=O) groups excluding carboxylic acids is 1. The largest absolute Gasteiger partial charge is 0.462 e. The zero-order valence-corrected chi connectivity index (χ0v) is 18.1. The third-order valence-corrected chi connectivity index (χ3v) is 6.03. The van der Waals surface area contributed by atoms with Crippen LogP contribution in [0.4, 0.5) is 14.6 Å². The van der Waals surface area contributed by atoms with Gasteiger partial charge in [-0.1, -0.05) is 6.07 Å². The number of aromatic nitrogens is 4. The van der Waals surface area contributed by atoms with E-state index >= 15 is 0 Å². The van der Waals surface area contributed by atoms with Gasteiger partial charge in [-0.25, -0.2) is 18.3 Å². The maximum absolute atomic E-state index is 13.5. The molecule has 0 amide bonds. The Labute approximate surface area is 187 Å². The number of hydrogen-bond donors (Lipinski definition) is 0. The third kappa shape index (κ3) is 3.77. The van der Waals surface area contributed by atoms with Crippen molar-refractivity contribution in [3.8, 4) is 5.69 Å². The quantitative estimate of drug-likeness (QED) is 0.426. The van der Waals surface area contributed by atoms with Crippen LogP contribution in [0.25, 0.3) is 16.7 Å². The molecule has 3 aromatic rings. The van der Waals surface area contributed by atoms with Gasteiger partial charge in [0, 0.05) is 32.1 Å². The Balaban J connectivity index is 1.42. The molecule has 0 saturated carbocycles. The van der Waals surface area contributed by atoms with Crippen molar-refractivity contribution >= 4 is 34.4 Å². The molecule has 5 rings (SSSR count). The third-order valence-electron chi connectivity index (χ3n) is 5.86. The van der Waals surface area contributed by atoms with Crippen LogP contribution in [-0.4, -0.2) is 75.4 Å². The molecule has 0 unspecified atom stereocenters. The molecule has 0 spiro atoms. The van der Waals surface area contributed by atoms with Gasteiger partial charge in [0.1, 0.15) is 5.82 Å². The fraction of sp³-hybridized carbons (Fsp3) is 0.429. The summed E-state index contributed by atoms with van der Waals surface area (Å²) in [6.07, 6.45) is 1.56. The summed E-state index contributed by atoms with van der Waals surface area (Å²) in [5.74, 6) is -2.40. The summed E-state index contributed by atoms with van der Waals surface area (Å²) in [7, 11) is 0. The molecule has 0 radical (unpaired) electrons. The highest BCUT2D eigenvalue weighted by Gasteiger charge is 2.44. The first-order valence-corrected chi connectivity index (χ1v) is 10.8. The molecule has 168 valence electrons. The highest BCUT2D eigenvalue weighted by Crippen LogP contribution is 2.34. The molecule has 0 bridgehead atoms. The maximum Gasteiger partial charge on any atom is 0.338 e. The lowest BCUT2D eigenvalue weighted by atomic mass is 10.1. The number of carbonyl (C=O) groups is 1. The lowest BCUT2D eigenvalue weighted by Crippen LogP contribution is -2.59. The average Bonchev–Trinajstić information content (AvgIpc) is 3.30. The molecule has 2 saturated heterocycles. The lowest BCUT2D eigenvalue weighted by molar-refractivity contribution is 0.00601. The van der Waals surface area contributed by atoms with Crippen molar-refractivity contribution < 1.29 is 18.3 Å². The monoisotopic (exact) mass is 462 g/mol.